The van der Waals surface area contributed by atoms with E-state index in [4.69, 9.17) is 4.52 Å². The van der Waals surface area contributed by atoms with E-state index in [1.165, 1.54) is 11.1 Å². The second-order valence-corrected chi connectivity index (χ2v) is 8.71. The highest BCUT2D eigenvalue weighted by molar-refractivity contribution is 8.77. The van der Waals surface area contributed by atoms with E-state index in [-0.39, 0.29) is 18.9 Å². The van der Waals surface area contributed by atoms with Gasteiger partial charge in [0.2, 0.25) is 0 Å². The Morgan fingerprint density at radius 2 is 1.94 bits per heavy atom. The van der Waals surface area contributed by atoms with Crippen LogP contribution in [0.5, 0.6) is 0 Å². The van der Waals surface area contributed by atoms with Gasteiger partial charge in [-0.3, -0.25) is 0 Å². The number of hydrogen-bond acceptors (Lipinski definition) is 4. The predicted octanol–water partition coefficient (Wildman–Crippen LogP) is 5.03. The first kappa shape index (κ1) is 14.1. The Labute approximate surface area is 118 Å². The van der Waals surface area contributed by atoms with Gasteiger partial charge in [0.25, 0.3) is 0 Å². The van der Waals surface area contributed by atoms with Crippen molar-refractivity contribution in [1.29, 1.82) is 0 Å². The van der Waals surface area contributed by atoms with Crippen LogP contribution in [0.2, 0.25) is 0 Å². The minimum Gasteiger partial charge on any atom is -0.345 e. The van der Waals surface area contributed by atoms with Gasteiger partial charge >= 0.3 is 0 Å². The lowest BCUT2D eigenvalue weighted by Gasteiger charge is -2.27. The minimum absolute atomic E-state index is 0.149. The topological polar surface area (TPSA) is 9.23 Å². The summed E-state index contributed by atoms with van der Waals surface area (Å²) in [5.41, 5.74) is 2.66. The Balaban J connectivity index is 2.23. The van der Waals surface area contributed by atoms with Gasteiger partial charge in [0, 0.05) is 4.75 Å². The zero-order valence-electron chi connectivity index (χ0n) is 10.1. The molecule has 5 heteroatoms. The smallest absolute Gasteiger partial charge is 0.0942 e. The maximum atomic E-state index is 5.87. The number of benzene rings is 1. The summed E-state index contributed by atoms with van der Waals surface area (Å²) in [6, 6.07) is 8.78. The third kappa shape index (κ3) is 3.16. The molecule has 1 saturated heterocycles. The summed E-state index contributed by atoms with van der Waals surface area (Å²) in [5.74, 6) is 0. The normalized spacial score (nSPS) is 28.0. The van der Waals surface area contributed by atoms with Crippen molar-refractivity contribution in [1.82, 2.24) is 0 Å². The predicted molar refractivity (Wildman–Crippen MR) is 85.4 cm³/mol. The minimum atomic E-state index is 0.149. The molecule has 3 atom stereocenters. The molecule has 1 unspecified atom stereocenters. The summed E-state index contributed by atoms with van der Waals surface area (Å²) in [4.78, 5) is 0. The monoisotopic (exact) mass is 304 g/mol. The van der Waals surface area contributed by atoms with Gasteiger partial charge < -0.3 is 4.52 Å². The van der Waals surface area contributed by atoms with Crippen molar-refractivity contribution in [3.63, 3.8) is 0 Å². The summed E-state index contributed by atoms with van der Waals surface area (Å²) < 4.78 is 6.01. The van der Waals surface area contributed by atoms with Crippen LogP contribution in [0.4, 0.5) is 0 Å². The molecule has 0 spiro atoms. The molecule has 0 N–H and O–H groups in total. The fourth-order valence-electron chi connectivity index (χ4n) is 1.89. The molecule has 17 heavy (non-hydrogen) atoms. The van der Waals surface area contributed by atoms with Crippen molar-refractivity contribution in [2.75, 3.05) is 0 Å². The number of hydrogen-bond donors (Lipinski definition) is 1. The van der Waals surface area contributed by atoms with E-state index in [2.05, 4.69) is 57.3 Å². The first-order chi connectivity index (χ1) is 8.04. The van der Waals surface area contributed by atoms with E-state index in [9.17, 15) is 0 Å². The van der Waals surface area contributed by atoms with Gasteiger partial charge in [0.15, 0.2) is 0 Å². The lowest BCUT2D eigenvalue weighted by atomic mass is 9.97. The SMILES string of the molecule is Cc1ccc([C@H]2SSC(C)(C)[C@H]2OPS)cc1. The molecule has 0 radical (unpaired) electrons. The van der Waals surface area contributed by atoms with Crippen LogP contribution in [-0.4, -0.2) is 10.9 Å². The van der Waals surface area contributed by atoms with Gasteiger partial charge in [0.05, 0.1) is 19.4 Å². The summed E-state index contributed by atoms with van der Waals surface area (Å²) in [6.45, 7) is 6.61. The molecular weight excluding hydrogens is 287 g/mol. The first-order valence-electron chi connectivity index (χ1n) is 5.50. The van der Waals surface area contributed by atoms with E-state index < -0.39 is 0 Å². The highest BCUT2D eigenvalue weighted by atomic mass is 33.1. The van der Waals surface area contributed by atoms with E-state index in [1.807, 2.05) is 21.6 Å². The van der Waals surface area contributed by atoms with Crippen molar-refractivity contribution < 1.29 is 4.52 Å². The summed E-state index contributed by atoms with van der Waals surface area (Å²) in [7, 11) is 4.09. The van der Waals surface area contributed by atoms with Crippen molar-refractivity contribution in [3.8, 4) is 0 Å². The standard InChI is InChI=1S/C12H17OPS3/c1-8-4-6-9(7-5-8)10-11(13-14-15)12(2,3)17-16-10/h4-7,10-11,14-15H,1-3H3/t10-,11+/m1/s1. The molecule has 1 fully saturated rings. The van der Waals surface area contributed by atoms with Crippen LogP contribution in [0.3, 0.4) is 0 Å². The van der Waals surface area contributed by atoms with Crippen LogP contribution in [0.25, 0.3) is 0 Å². The number of rotatable bonds is 3. The second kappa shape index (κ2) is 5.75. The van der Waals surface area contributed by atoms with Gasteiger partial charge in [-0.05, 0) is 26.3 Å². The molecule has 0 amide bonds. The maximum absolute atomic E-state index is 5.87. The first-order valence-corrected chi connectivity index (χ1v) is 9.91. The van der Waals surface area contributed by atoms with Crippen LogP contribution in [-0.2, 0) is 4.52 Å². The molecular formula is C12H17OPS3. The molecule has 94 valence electrons. The fraction of sp³-hybridized carbons (Fsp3) is 0.500. The molecule has 2 rings (SSSR count). The lowest BCUT2D eigenvalue weighted by molar-refractivity contribution is 0.200. The van der Waals surface area contributed by atoms with Gasteiger partial charge in [-0.1, -0.05) is 51.4 Å². The molecule has 0 bridgehead atoms. The molecule has 0 saturated carbocycles. The van der Waals surface area contributed by atoms with E-state index in [1.54, 1.807) is 0 Å². The van der Waals surface area contributed by atoms with Crippen LogP contribution >= 0.6 is 41.8 Å². The molecule has 0 aliphatic carbocycles. The lowest BCUT2D eigenvalue weighted by Crippen LogP contribution is -2.32. The molecule has 1 aromatic carbocycles. The molecule has 1 heterocycles. The van der Waals surface area contributed by atoms with Crippen molar-refractivity contribution in [2.24, 2.45) is 0 Å². The van der Waals surface area contributed by atoms with Gasteiger partial charge in [0.1, 0.15) is 0 Å². The molecule has 1 aliphatic heterocycles. The Kier molecular flexibility index (Phi) is 4.76. The summed E-state index contributed by atoms with van der Waals surface area (Å²) in [5, 5.41) is 0.412. The fourth-order valence-corrected chi connectivity index (χ4v) is 6.41. The molecule has 1 aromatic rings. The highest BCUT2D eigenvalue weighted by Gasteiger charge is 2.45. The third-order valence-corrected chi connectivity index (χ3v) is 7.27. The third-order valence-electron chi connectivity index (χ3n) is 2.91. The summed E-state index contributed by atoms with van der Waals surface area (Å²) in [6.07, 6.45) is 0.232. The Morgan fingerprint density at radius 1 is 1.29 bits per heavy atom. The zero-order chi connectivity index (χ0) is 12.5. The van der Waals surface area contributed by atoms with Crippen LogP contribution < -0.4 is 0 Å². The van der Waals surface area contributed by atoms with E-state index in [0.29, 0.717) is 5.25 Å². The van der Waals surface area contributed by atoms with Crippen LogP contribution in [0.15, 0.2) is 24.3 Å². The number of thiol groups is 1. The Bertz CT molecular complexity index is 380. The molecule has 0 aromatic heterocycles. The Hall–Kier alpha value is 0.660. The van der Waals surface area contributed by atoms with E-state index in [0.717, 1.165) is 0 Å². The van der Waals surface area contributed by atoms with Crippen molar-refractivity contribution in [2.45, 2.75) is 36.9 Å². The number of aryl methyl sites for hydroxylation is 1. The largest absolute Gasteiger partial charge is 0.345 e. The van der Waals surface area contributed by atoms with Crippen LogP contribution in [0, 0.1) is 6.92 Å². The summed E-state index contributed by atoms with van der Waals surface area (Å²) >= 11 is 4.23. The molecule has 1 aliphatic rings. The average Bonchev–Trinajstić information content (AvgIpc) is 2.57. The van der Waals surface area contributed by atoms with Gasteiger partial charge in [-0.15, -0.1) is 12.2 Å². The zero-order valence-corrected chi connectivity index (χ0v) is 13.7. The van der Waals surface area contributed by atoms with E-state index >= 15 is 0 Å². The Morgan fingerprint density at radius 3 is 2.53 bits per heavy atom. The van der Waals surface area contributed by atoms with Gasteiger partial charge in [-0.25, -0.2) is 0 Å². The maximum Gasteiger partial charge on any atom is 0.0942 e. The second-order valence-electron chi connectivity index (χ2n) is 4.74. The van der Waals surface area contributed by atoms with Crippen molar-refractivity contribution in [3.05, 3.63) is 35.4 Å². The van der Waals surface area contributed by atoms with Gasteiger partial charge in [-0.2, -0.15) is 0 Å². The average molecular weight is 304 g/mol. The quantitative estimate of drug-likeness (QED) is 0.476. The highest BCUT2D eigenvalue weighted by Crippen LogP contribution is 2.60. The molecule has 1 nitrogen and oxygen atoms in total. The van der Waals surface area contributed by atoms with Crippen LogP contribution in [0.1, 0.15) is 30.2 Å². The van der Waals surface area contributed by atoms with Crippen molar-refractivity contribution >= 4 is 41.8 Å².